The fourth-order valence-electron chi connectivity index (χ4n) is 3.44. The van der Waals surface area contributed by atoms with Crippen molar-refractivity contribution in [2.24, 2.45) is 0 Å². The second-order valence-electron chi connectivity index (χ2n) is 7.75. The number of rotatable bonds is 5. The second kappa shape index (κ2) is 8.78. The van der Waals surface area contributed by atoms with Gasteiger partial charge in [-0.25, -0.2) is 0 Å². The quantitative estimate of drug-likeness (QED) is 0.819. The molecule has 0 unspecified atom stereocenters. The topological polar surface area (TPSA) is 69.7 Å². The van der Waals surface area contributed by atoms with Gasteiger partial charge in [-0.15, -0.1) is 11.3 Å². The van der Waals surface area contributed by atoms with Gasteiger partial charge >= 0.3 is 0 Å². The van der Waals surface area contributed by atoms with Crippen LogP contribution in [0.25, 0.3) is 0 Å². The van der Waals surface area contributed by atoms with E-state index in [2.05, 4.69) is 5.32 Å². The molecule has 1 aliphatic rings. The molecule has 3 amide bonds. The highest BCUT2D eigenvalue weighted by Gasteiger charge is 2.35. The first-order valence-corrected chi connectivity index (χ1v) is 10.6. The fraction of sp³-hybridized carbons (Fsp3) is 0.409. The van der Waals surface area contributed by atoms with Crippen LogP contribution in [0.3, 0.4) is 0 Å². The van der Waals surface area contributed by atoms with Crippen molar-refractivity contribution in [3.63, 3.8) is 0 Å². The standard InChI is InChI=1S/C22H27N3O3S/c1-16(26)23-15-18-9-10-19(29-18)20(27)24-11-13-25(14-12-24)21(28)22(2,3)17-7-5-4-6-8-17/h4-10H,11-15H2,1-3H3,(H,23,26). The minimum absolute atomic E-state index is 0.0153. The summed E-state index contributed by atoms with van der Waals surface area (Å²) in [4.78, 5) is 42.2. The zero-order valence-electron chi connectivity index (χ0n) is 17.1. The SMILES string of the molecule is CC(=O)NCc1ccc(C(=O)N2CCN(C(=O)C(C)(C)c3ccccc3)CC2)s1. The molecule has 1 aromatic heterocycles. The van der Waals surface area contributed by atoms with E-state index in [1.54, 1.807) is 11.0 Å². The second-order valence-corrected chi connectivity index (χ2v) is 8.92. The summed E-state index contributed by atoms with van der Waals surface area (Å²) >= 11 is 1.40. The van der Waals surface area contributed by atoms with Gasteiger partial charge in [-0.2, -0.15) is 0 Å². The molecule has 0 radical (unpaired) electrons. The van der Waals surface area contributed by atoms with Crippen LogP contribution >= 0.6 is 11.3 Å². The zero-order valence-corrected chi connectivity index (χ0v) is 17.9. The van der Waals surface area contributed by atoms with Crippen LogP contribution in [0.4, 0.5) is 0 Å². The lowest BCUT2D eigenvalue weighted by atomic mass is 9.83. The van der Waals surface area contributed by atoms with Crippen molar-refractivity contribution in [1.29, 1.82) is 0 Å². The van der Waals surface area contributed by atoms with E-state index in [1.807, 2.05) is 55.1 Å². The van der Waals surface area contributed by atoms with Crippen LogP contribution in [0.1, 0.15) is 40.9 Å². The Hall–Kier alpha value is -2.67. The van der Waals surface area contributed by atoms with Crippen LogP contribution in [0.15, 0.2) is 42.5 Å². The van der Waals surface area contributed by atoms with Crippen molar-refractivity contribution in [3.05, 3.63) is 57.8 Å². The number of amides is 3. The van der Waals surface area contributed by atoms with Crippen LogP contribution < -0.4 is 5.32 Å². The van der Waals surface area contributed by atoms with Crippen LogP contribution in [0.2, 0.25) is 0 Å². The van der Waals surface area contributed by atoms with E-state index in [1.165, 1.54) is 18.3 Å². The third-order valence-corrected chi connectivity index (χ3v) is 6.34. The first kappa shape index (κ1) is 21.0. The first-order valence-electron chi connectivity index (χ1n) is 9.76. The molecule has 1 aliphatic heterocycles. The van der Waals surface area contributed by atoms with Gasteiger partial charge in [0.2, 0.25) is 11.8 Å². The zero-order chi connectivity index (χ0) is 21.0. The lowest BCUT2D eigenvalue weighted by molar-refractivity contribution is -0.137. The summed E-state index contributed by atoms with van der Waals surface area (Å²) in [5.41, 5.74) is 0.397. The minimum atomic E-state index is -0.597. The molecule has 0 spiro atoms. The van der Waals surface area contributed by atoms with Gasteiger partial charge in [0.15, 0.2) is 0 Å². The number of hydrogen-bond acceptors (Lipinski definition) is 4. The molecule has 7 heteroatoms. The molecule has 3 rings (SSSR count). The van der Waals surface area contributed by atoms with E-state index < -0.39 is 5.41 Å². The minimum Gasteiger partial charge on any atom is -0.351 e. The van der Waals surface area contributed by atoms with Crippen LogP contribution in [0.5, 0.6) is 0 Å². The number of hydrogen-bond donors (Lipinski definition) is 1. The maximum atomic E-state index is 13.1. The van der Waals surface area contributed by atoms with Crippen LogP contribution in [-0.2, 0) is 21.5 Å². The normalized spacial score (nSPS) is 14.6. The van der Waals surface area contributed by atoms with Crippen molar-refractivity contribution in [1.82, 2.24) is 15.1 Å². The molecule has 2 heterocycles. The molecule has 0 saturated carbocycles. The van der Waals surface area contributed by atoms with Crippen molar-refractivity contribution in [2.75, 3.05) is 26.2 Å². The summed E-state index contributed by atoms with van der Waals surface area (Å²) in [7, 11) is 0. The first-order chi connectivity index (χ1) is 13.8. The number of carbonyl (C=O) groups excluding carboxylic acids is 3. The van der Waals surface area contributed by atoms with Crippen LogP contribution in [-0.4, -0.2) is 53.7 Å². The molecular weight excluding hydrogens is 386 g/mol. The van der Waals surface area contributed by atoms with Gasteiger partial charge in [-0.3, -0.25) is 14.4 Å². The van der Waals surface area contributed by atoms with Gasteiger partial charge in [0.1, 0.15) is 0 Å². The Balaban J connectivity index is 1.58. The molecule has 0 aliphatic carbocycles. The Morgan fingerprint density at radius 2 is 1.59 bits per heavy atom. The molecule has 0 atom stereocenters. The highest BCUT2D eigenvalue weighted by atomic mass is 32.1. The molecule has 1 aromatic carbocycles. The summed E-state index contributed by atoms with van der Waals surface area (Å²) in [6, 6.07) is 13.5. The molecule has 1 saturated heterocycles. The largest absolute Gasteiger partial charge is 0.351 e. The predicted octanol–water partition coefficient (Wildman–Crippen LogP) is 2.65. The van der Waals surface area contributed by atoms with Gasteiger partial charge in [0.05, 0.1) is 16.8 Å². The summed E-state index contributed by atoms with van der Waals surface area (Å²) in [5, 5.41) is 2.74. The average molecular weight is 414 g/mol. The number of nitrogens with one attached hydrogen (secondary N) is 1. The maximum absolute atomic E-state index is 13.1. The molecule has 2 aromatic rings. The molecule has 6 nitrogen and oxygen atoms in total. The highest BCUT2D eigenvalue weighted by molar-refractivity contribution is 7.14. The van der Waals surface area contributed by atoms with Crippen molar-refractivity contribution in [3.8, 4) is 0 Å². The van der Waals surface area contributed by atoms with E-state index >= 15 is 0 Å². The van der Waals surface area contributed by atoms with Gasteiger partial charge in [0, 0.05) is 38.0 Å². The number of benzene rings is 1. The monoisotopic (exact) mass is 413 g/mol. The fourth-order valence-corrected chi connectivity index (χ4v) is 4.36. The Kier molecular flexibility index (Phi) is 6.37. The Labute approximate surface area is 175 Å². The van der Waals surface area contributed by atoms with Gasteiger partial charge in [-0.1, -0.05) is 30.3 Å². The summed E-state index contributed by atoms with van der Waals surface area (Å²) in [6.07, 6.45) is 0. The van der Waals surface area contributed by atoms with E-state index in [0.717, 1.165) is 10.4 Å². The number of thiophene rings is 1. The van der Waals surface area contributed by atoms with Gasteiger partial charge < -0.3 is 15.1 Å². The molecule has 29 heavy (non-hydrogen) atoms. The summed E-state index contributed by atoms with van der Waals surface area (Å²) in [6.45, 7) is 7.91. The van der Waals surface area contributed by atoms with E-state index in [9.17, 15) is 14.4 Å². The molecule has 1 N–H and O–H groups in total. The number of carbonyl (C=O) groups is 3. The van der Waals surface area contributed by atoms with E-state index in [0.29, 0.717) is 37.6 Å². The average Bonchev–Trinajstić information content (AvgIpc) is 3.21. The number of nitrogens with zero attached hydrogens (tertiary/aromatic N) is 2. The molecule has 0 bridgehead atoms. The number of piperazine rings is 1. The summed E-state index contributed by atoms with van der Waals surface area (Å²) in [5.74, 6) is -0.0199. The van der Waals surface area contributed by atoms with E-state index in [-0.39, 0.29) is 17.7 Å². The predicted molar refractivity (Wildman–Crippen MR) is 114 cm³/mol. The van der Waals surface area contributed by atoms with Gasteiger partial charge in [-0.05, 0) is 31.5 Å². The van der Waals surface area contributed by atoms with Gasteiger partial charge in [0.25, 0.3) is 5.91 Å². The molecule has 1 fully saturated rings. The van der Waals surface area contributed by atoms with Crippen molar-refractivity contribution >= 4 is 29.1 Å². The smallest absolute Gasteiger partial charge is 0.264 e. The Morgan fingerprint density at radius 3 is 2.21 bits per heavy atom. The Morgan fingerprint density at radius 1 is 0.966 bits per heavy atom. The van der Waals surface area contributed by atoms with Crippen molar-refractivity contribution in [2.45, 2.75) is 32.7 Å². The molecule has 154 valence electrons. The maximum Gasteiger partial charge on any atom is 0.264 e. The molecular formula is C22H27N3O3S. The third-order valence-electron chi connectivity index (χ3n) is 5.27. The van der Waals surface area contributed by atoms with E-state index in [4.69, 9.17) is 0 Å². The third kappa shape index (κ3) is 4.85. The van der Waals surface area contributed by atoms with Crippen LogP contribution in [0, 0.1) is 0 Å². The Bertz CT molecular complexity index is 884. The highest BCUT2D eigenvalue weighted by Crippen LogP contribution is 2.26. The lowest BCUT2D eigenvalue weighted by Gasteiger charge is -2.38. The lowest BCUT2D eigenvalue weighted by Crippen LogP contribution is -2.54. The summed E-state index contributed by atoms with van der Waals surface area (Å²) < 4.78 is 0. The van der Waals surface area contributed by atoms with Crippen molar-refractivity contribution < 1.29 is 14.4 Å².